The first-order chi connectivity index (χ1) is 15.3. The van der Waals surface area contributed by atoms with Gasteiger partial charge in [0.15, 0.2) is 5.17 Å². The van der Waals surface area contributed by atoms with Gasteiger partial charge in [0.25, 0.3) is 0 Å². The number of anilines is 1. The Hall–Kier alpha value is -2.55. The monoisotopic (exact) mass is 475 g/mol. The summed E-state index contributed by atoms with van der Waals surface area (Å²) < 4.78 is 10.3. The summed E-state index contributed by atoms with van der Waals surface area (Å²) >= 11 is 7.42. The van der Waals surface area contributed by atoms with Gasteiger partial charge in [-0.1, -0.05) is 41.1 Å². The lowest BCUT2D eigenvalue weighted by molar-refractivity contribution is -0.128. The number of halogens is 1. The number of methoxy groups -OCH3 is 2. The van der Waals surface area contributed by atoms with Crippen molar-refractivity contribution in [2.45, 2.75) is 25.5 Å². The van der Waals surface area contributed by atoms with Crippen molar-refractivity contribution in [3.05, 3.63) is 52.5 Å². The molecule has 32 heavy (non-hydrogen) atoms. The smallest absolute Gasteiger partial charge is 0.242 e. The number of hydrogen-bond acceptors (Lipinski definition) is 6. The molecule has 0 saturated carbocycles. The molecule has 1 atom stereocenters. The molecule has 1 saturated heterocycles. The molecule has 7 nitrogen and oxygen atoms in total. The van der Waals surface area contributed by atoms with E-state index >= 15 is 0 Å². The molecule has 2 aromatic carbocycles. The van der Waals surface area contributed by atoms with Crippen LogP contribution in [0.3, 0.4) is 0 Å². The molecule has 0 radical (unpaired) electrons. The SMILES string of the molecule is COCCN1C(=O)C(CC(=O)Nc2ccc(OC)c(Cl)c2)SC1=Nc1ccc(C)cc1C. The van der Waals surface area contributed by atoms with E-state index in [1.165, 1.54) is 18.9 Å². The van der Waals surface area contributed by atoms with Crippen molar-refractivity contribution in [2.24, 2.45) is 4.99 Å². The summed E-state index contributed by atoms with van der Waals surface area (Å²) in [4.78, 5) is 32.0. The van der Waals surface area contributed by atoms with Crippen LogP contribution in [0.2, 0.25) is 5.02 Å². The lowest BCUT2D eigenvalue weighted by atomic mass is 10.1. The van der Waals surface area contributed by atoms with E-state index in [0.717, 1.165) is 16.8 Å². The number of ether oxygens (including phenoxy) is 2. The van der Waals surface area contributed by atoms with Crippen LogP contribution in [0, 0.1) is 13.8 Å². The summed E-state index contributed by atoms with van der Waals surface area (Å²) in [5.41, 5.74) is 3.50. The fraction of sp³-hybridized carbons (Fsp3) is 0.348. The molecule has 3 rings (SSSR count). The summed E-state index contributed by atoms with van der Waals surface area (Å²) in [5.74, 6) is 0.0854. The predicted octanol–water partition coefficient (Wildman–Crippen LogP) is 4.57. The van der Waals surface area contributed by atoms with Gasteiger partial charge in [0.1, 0.15) is 11.0 Å². The van der Waals surface area contributed by atoms with Crippen LogP contribution in [0.15, 0.2) is 41.4 Å². The maximum Gasteiger partial charge on any atom is 0.242 e. The third-order valence-corrected chi connectivity index (χ3v) is 6.38. The number of hydrogen-bond donors (Lipinski definition) is 1. The second kappa shape index (κ2) is 10.8. The third kappa shape index (κ3) is 5.82. The molecule has 9 heteroatoms. The number of aliphatic imine (C=N–C) groups is 1. The molecule has 1 unspecified atom stereocenters. The number of thioether (sulfide) groups is 1. The van der Waals surface area contributed by atoms with Gasteiger partial charge >= 0.3 is 0 Å². The highest BCUT2D eigenvalue weighted by Crippen LogP contribution is 2.33. The molecule has 1 fully saturated rings. The van der Waals surface area contributed by atoms with Crippen LogP contribution in [0.4, 0.5) is 11.4 Å². The van der Waals surface area contributed by atoms with Gasteiger partial charge in [-0.3, -0.25) is 14.5 Å². The maximum atomic E-state index is 13.0. The average Bonchev–Trinajstić information content (AvgIpc) is 3.02. The Kier molecular flexibility index (Phi) is 8.17. The molecule has 1 aliphatic rings. The zero-order chi connectivity index (χ0) is 23.3. The van der Waals surface area contributed by atoms with Crippen LogP contribution in [0.1, 0.15) is 17.5 Å². The molecule has 1 N–H and O–H groups in total. The second-order valence-corrected chi connectivity index (χ2v) is 8.95. The molecule has 0 spiro atoms. The normalized spacial score (nSPS) is 17.2. The van der Waals surface area contributed by atoms with Crippen LogP contribution in [-0.4, -0.2) is 54.5 Å². The van der Waals surface area contributed by atoms with E-state index in [2.05, 4.69) is 5.32 Å². The molecule has 2 aromatic rings. The first-order valence-electron chi connectivity index (χ1n) is 10.1. The molecule has 1 aliphatic heterocycles. The quantitative estimate of drug-likeness (QED) is 0.604. The summed E-state index contributed by atoms with van der Waals surface area (Å²) in [7, 11) is 3.11. The first-order valence-corrected chi connectivity index (χ1v) is 11.3. The minimum Gasteiger partial charge on any atom is -0.495 e. The van der Waals surface area contributed by atoms with Gasteiger partial charge in [-0.25, -0.2) is 4.99 Å². The molecular formula is C23H26ClN3O4S. The highest BCUT2D eigenvalue weighted by atomic mass is 35.5. The molecule has 0 bridgehead atoms. The first kappa shape index (κ1) is 24.1. The van der Waals surface area contributed by atoms with Crippen molar-refractivity contribution in [1.29, 1.82) is 0 Å². The Morgan fingerprint density at radius 2 is 2.00 bits per heavy atom. The minimum absolute atomic E-state index is 0.0164. The lowest BCUT2D eigenvalue weighted by Crippen LogP contribution is -2.35. The van der Waals surface area contributed by atoms with E-state index in [1.807, 2.05) is 32.0 Å². The van der Waals surface area contributed by atoms with E-state index in [1.54, 1.807) is 30.2 Å². The van der Waals surface area contributed by atoms with Crippen molar-refractivity contribution in [3.63, 3.8) is 0 Å². The summed E-state index contributed by atoms with van der Waals surface area (Å²) in [6.07, 6.45) is 0.0164. The summed E-state index contributed by atoms with van der Waals surface area (Å²) in [6, 6.07) is 11.0. The summed E-state index contributed by atoms with van der Waals surface area (Å²) in [6.45, 7) is 4.76. The standard InChI is InChI=1S/C23H26ClN3O4S/c1-14-5-7-18(15(2)11-14)26-23-27(9-10-30-3)22(29)20(32-23)13-21(28)25-16-6-8-19(31-4)17(24)12-16/h5-8,11-12,20H,9-10,13H2,1-4H3,(H,25,28). The van der Waals surface area contributed by atoms with E-state index in [4.69, 9.17) is 26.1 Å². The number of benzene rings is 2. The number of amides is 2. The number of nitrogens with one attached hydrogen (secondary N) is 1. The van der Waals surface area contributed by atoms with Crippen molar-refractivity contribution < 1.29 is 19.1 Å². The van der Waals surface area contributed by atoms with Crippen molar-refractivity contribution in [3.8, 4) is 5.75 Å². The molecular weight excluding hydrogens is 450 g/mol. The highest BCUT2D eigenvalue weighted by Gasteiger charge is 2.39. The lowest BCUT2D eigenvalue weighted by Gasteiger charge is -2.16. The highest BCUT2D eigenvalue weighted by molar-refractivity contribution is 8.15. The average molecular weight is 476 g/mol. The number of rotatable bonds is 8. The Morgan fingerprint density at radius 1 is 1.22 bits per heavy atom. The van der Waals surface area contributed by atoms with E-state index < -0.39 is 5.25 Å². The number of carbonyl (C=O) groups is 2. The second-order valence-electron chi connectivity index (χ2n) is 7.38. The van der Waals surface area contributed by atoms with Gasteiger partial charge in [-0.05, 0) is 43.7 Å². The number of carbonyl (C=O) groups excluding carboxylic acids is 2. The Labute approximate surface area is 197 Å². The van der Waals surface area contributed by atoms with Crippen LogP contribution in [0.25, 0.3) is 0 Å². The largest absolute Gasteiger partial charge is 0.495 e. The number of aryl methyl sites for hydroxylation is 2. The van der Waals surface area contributed by atoms with E-state index in [0.29, 0.717) is 34.8 Å². The van der Waals surface area contributed by atoms with Crippen LogP contribution >= 0.6 is 23.4 Å². The molecule has 0 aromatic heterocycles. The molecule has 2 amide bonds. The molecule has 170 valence electrons. The van der Waals surface area contributed by atoms with Gasteiger partial charge in [0.2, 0.25) is 11.8 Å². The van der Waals surface area contributed by atoms with Crippen LogP contribution < -0.4 is 10.1 Å². The van der Waals surface area contributed by atoms with Gasteiger partial charge in [-0.2, -0.15) is 0 Å². The van der Waals surface area contributed by atoms with Crippen LogP contribution in [0.5, 0.6) is 5.75 Å². The molecule has 1 heterocycles. The zero-order valence-electron chi connectivity index (χ0n) is 18.5. The zero-order valence-corrected chi connectivity index (χ0v) is 20.0. The molecule has 0 aliphatic carbocycles. The van der Waals surface area contributed by atoms with Gasteiger partial charge in [0.05, 0.1) is 31.0 Å². The Bertz CT molecular complexity index is 1040. The topological polar surface area (TPSA) is 80.2 Å². The summed E-state index contributed by atoms with van der Waals surface area (Å²) in [5, 5.41) is 3.19. The van der Waals surface area contributed by atoms with E-state index in [-0.39, 0.29) is 18.2 Å². The third-order valence-electron chi connectivity index (χ3n) is 4.91. The van der Waals surface area contributed by atoms with Crippen molar-refractivity contribution >= 4 is 51.7 Å². The van der Waals surface area contributed by atoms with Gasteiger partial charge < -0.3 is 14.8 Å². The number of nitrogens with zero attached hydrogens (tertiary/aromatic N) is 2. The fourth-order valence-electron chi connectivity index (χ4n) is 3.27. The number of amidine groups is 1. The Balaban J connectivity index is 1.75. The minimum atomic E-state index is -0.565. The van der Waals surface area contributed by atoms with E-state index in [9.17, 15) is 9.59 Å². The van der Waals surface area contributed by atoms with Gasteiger partial charge in [-0.15, -0.1) is 0 Å². The van der Waals surface area contributed by atoms with Crippen molar-refractivity contribution in [2.75, 3.05) is 32.7 Å². The predicted molar refractivity (Wildman–Crippen MR) is 129 cm³/mol. The van der Waals surface area contributed by atoms with Gasteiger partial charge in [0, 0.05) is 19.2 Å². The fourth-order valence-corrected chi connectivity index (χ4v) is 4.71. The maximum absolute atomic E-state index is 13.0. The van der Waals surface area contributed by atoms with Crippen molar-refractivity contribution in [1.82, 2.24) is 4.90 Å². The Morgan fingerprint density at radius 3 is 2.66 bits per heavy atom. The van der Waals surface area contributed by atoms with Crippen LogP contribution in [-0.2, 0) is 14.3 Å².